The molecule has 0 aromatic heterocycles. The number of halogens is 2. The van der Waals surface area contributed by atoms with Crippen LogP contribution in [0.2, 0.25) is 0 Å². The van der Waals surface area contributed by atoms with E-state index in [1.54, 1.807) is 41.3 Å². The van der Waals surface area contributed by atoms with Gasteiger partial charge in [0.25, 0.3) is 5.91 Å². The molecule has 0 unspecified atom stereocenters. The predicted molar refractivity (Wildman–Crippen MR) is 108 cm³/mol. The van der Waals surface area contributed by atoms with E-state index < -0.39 is 0 Å². The lowest BCUT2D eigenvalue weighted by Gasteiger charge is -2.21. The molecule has 0 saturated heterocycles. The summed E-state index contributed by atoms with van der Waals surface area (Å²) in [7, 11) is 0. The number of nitrogens with one attached hydrogen (secondary N) is 2. The van der Waals surface area contributed by atoms with Crippen LogP contribution in [-0.4, -0.2) is 29.4 Å². The standard InChI is InChI=1S/C20H23BrFN3O2/c1-4-25(12-15-11-16(21)7-10-18(15)22)19(26)14-5-8-17(9-6-14)24-20(27)23-13(2)3/h5-11,13H,4,12H2,1-3H3,(H2,23,24,27). The van der Waals surface area contributed by atoms with E-state index in [2.05, 4.69) is 26.6 Å². The van der Waals surface area contributed by atoms with Gasteiger partial charge in [0.15, 0.2) is 0 Å². The van der Waals surface area contributed by atoms with E-state index in [9.17, 15) is 14.0 Å². The summed E-state index contributed by atoms with van der Waals surface area (Å²) in [6.07, 6.45) is 0. The van der Waals surface area contributed by atoms with E-state index in [0.29, 0.717) is 23.4 Å². The molecular formula is C20H23BrFN3O2. The van der Waals surface area contributed by atoms with E-state index >= 15 is 0 Å². The van der Waals surface area contributed by atoms with Crippen molar-refractivity contribution < 1.29 is 14.0 Å². The van der Waals surface area contributed by atoms with Crippen molar-refractivity contribution in [3.8, 4) is 0 Å². The van der Waals surface area contributed by atoms with Crippen LogP contribution in [-0.2, 0) is 6.54 Å². The fraction of sp³-hybridized carbons (Fsp3) is 0.300. The molecular weight excluding hydrogens is 413 g/mol. The van der Waals surface area contributed by atoms with Gasteiger partial charge in [-0.3, -0.25) is 4.79 Å². The Balaban J connectivity index is 2.08. The lowest BCUT2D eigenvalue weighted by Crippen LogP contribution is -2.34. The number of amides is 3. The van der Waals surface area contributed by atoms with Crippen molar-refractivity contribution in [2.45, 2.75) is 33.4 Å². The third-order valence-corrected chi connectivity index (χ3v) is 4.34. The first-order chi connectivity index (χ1) is 12.8. The molecule has 0 atom stereocenters. The second-order valence-electron chi connectivity index (χ2n) is 6.39. The highest BCUT2D eigenvalue weighted by molar-refractivity contribution is 9.10. The number of carbonyl (C=O) groups is 2. The van der Waals surface area contributed by atoms with Gasteiger partial charge in [-0.25, -0.2) is 9.18 Å². The van der Waals surface area contributed by atoms with Crippen LogP contribution in [0.25, 0.3) is 0 Å². The molecule has 27 heavy (non-hydrogen) atoms. The Kier molecular flexibility index (Phi) is 7.36. The third-order valence-electron chi connectivity index (χ3n) is 3.85. The number of urea groups is 1. The maximum absolute atomic E-state index is 14.0. The van der Waals surface area contributed by atoms with Crippen LogP contribution in [0.3, 0.4) is 0 Å². The average molecular weight is 436 g/mol. The van der Waals surface area contributed by atoms with E-state index in [0.717, 1.165) is 4.47 Å². The van der Waals surface area contributed by atoms with Gasteiger partial charge < -0.3 is 15.5 Å². The zero-order valence-corrected chi connectivity index (χ0v) is 17.1. The van der Waals surface area contributed by atoms with E-state index in [4.69, 9.17) is 0 Å². The van der Waals surface area contributed by atoms with Crippen molar-refractivity contribution in [2.24, 2.45) is 0 Å². The number of hydrogen-bond acceptors (Lipinski definition) is 2. The van der Waals surface area contributed by atoms with Crippen LogP contribution in [0.15, 0.2) is 46.9 Å². The summed E-state index contributed by atoms with van der Waals surface area (Å²) in [6, 6.07) is 11.0. The average Bonchev–Trinajstić information content (AvgIpc) is 2.61. The second kappa shape index (κ2) is 9.50. The number of hydrogen-bond donors (Lipinski definition) is 2. The second-order valence-corrected chi connectivity index (χ2v) is 7.30. The van der Waals surface area contributed by atoms with Crippen molar-refractivity contribution in [1.82, 2.24) is 10.2 Å². The molecule has 2 aromatic carbocycles. The Labute approximate surface area is 167 Å². The van der Waals surface area contributed by atoms with E-state index in [1.807, 2.05) is 20.8 Å². The minimum atomic E-state index is -0.347. The van der Waals surface area contributed by atoms with Gasteiger partial charge in [0.05, 0.1) is 0 Å². The van der Waals surface area contributed by atoms with Gasteiger partial charge in [-0.05, 0) is 63.2 Å². The first-order valence-corrected chi connectivity index (χ1v) is 9.50. The molecule has 5 nitrogen and oxygen atoms in total. The molecule has 2 aromatic rings. The summed E-state index contributed by atoms with van der Waals surface area (Å²) >= 11 is 3.32. The summed E-state index contributed by atoms with van der Waals surface area (Å²) in [5, 5.41) is 5.43. The molecule has 2 rings (SSSR count). The highest BCUT2D eigenvalue weighted by atomic mass is 79.9. The van der Waals surface area contributed by atoms with Crippen LogP contribution >= 0.6 is 15.9 Å². The lowest BCUT2D eigenvalue weighted by molar-refractivity contribution is 0.0751. The molecule has 0 heterocycles. The maximum Gasteiger partial charge on any atom is 0.319 e. The van der Waals surface area contributed by atoms with Crippen LogP contribution in [0.1, 0.15) is 36.7 Å². The number of nitrogens with zero attached hydrogens (tertiary/aromatic N) is 1. The zero-order chi connectivity index (χ0) is 20.0. The molecule has 144 valence electrons. The Bertz CT molecular complexity index is 809. The normalized spacial score (nSPS) is 10.6. The van der Waals surface area contributed by atoms with Crippen LogP contribution in [0.5, 0.6) is 0 Å². The van der Waals surface area contributed by atoms with Gasteiger partial charge >= 0.3 is 6.03 Å². The minimum Gasteiger partial charge on any atom is -0.336 e. The fourth-order valence-electron chi connectivity index (χ4n) is 2.51. The fourth-order valence-corrected chi connectivity index (χ4v) is 2.91. The SMILES string of the molecule is CCN(Cc1cc(Br)ccc1F)C(=O)c1ccc(NC(=O)NC(C)C)cc1. The molecule has 3 amide bonds. The molecule has 0 saturated carbocycles. The summed E-state index contributed by atoms with van der Waals surface area (Å²) in [5.74, 6) is -0.546. The van der Waals surface area contributed by atoms with Gasteiger partial charge in [-0.1, -0.05) is 15.9 Å². The zero-order valence-electron chi connectivity index (χ0n) is 15.6. The van der Waals surface area contributed by atoms with Crippen molar-refractivity contribution in [1.29, 1.82) is 0 Å². The smallest absolute Gasteiger partial charge is 0.319 e. The summed E-state index contributed by atoms with van der Waals surface area (Å²) in [5.41, 5.74) is 1.51. The number of benzene rings is 2. The molecule has 2 N–H and O–H groups in total. The highest BCUT2D eigenvalue weighted by Gasteiger charge is 2.16. The van der Waals surface area contributed by atoms with E-state index in [-0.39, 0.29) is 30.3 Å². The van der Waals surface area contributed by atoms with Gasteiger partial charge in [0.1, 0.15) is 5.82 Å². The van der Waals surface area contributed by atoms with Gasteiger partial charge in [0.2, 0.25) is 0 Å². The molecule has 0 bridgehead atoms. The summed E-state index contributed by atoms with van der Waals surface area (Å²) < 4.78 is 14.8. The molecule has 0 fully saturated rings. The van der Waals surface area contributed by atoms with Gasteiger partial charge in [0, 0.05) is 40.4 Å². The maximum atomic E-state index is 14.0. The van der Waals surface area contributed by atoms with Crippen LogP contribution in [0, 0.1) is 5.82 Å². The van der Waals surface area contributed by atoms with Crippen molar-refractivity contribution in [3.05, 3.63) is 63.9 Å². The molecule has 0 aliphatic rings. The molecule has 0 radical (unpaired) electrons. The Morgan fingerprint density at radius 2 is 1.81 bits per heavy atom. The van der Waals surface area contributed by atoms with Crippen molar-refractivity contribution in [3.63, 3.8) is 0 Å². The number of rotatable bonds is 6. The minimum absolute atomic E-state index is 0.0300. The molecule has 0 spiro atoms. The summed E-state index contributed by atoms with van der Waals surface area (Å²) in [4.78, 5) is 26.0. The van der Waals surface area contributed by atoms with E-state index in [1.165, 1.54) is 6.07 Å². The molecule has 0 aliphatic carbocycles. The Hall–Kier alpha value is -2.41. The number of carbonyl (C=O) groups excluding carboxylic acids is 2. The monoisotopic (exact) mass is 435 g/mol. The molecule has 7 heteroatoms. The van der Waals surface area contributed by atoms with Crippen LogP contribution in [0.4, 0.5) is 14.9 Å². The van der Waals surface area contributed by atoms with Gasteiger partial charge in [-0.2, -0.15) is 0 Å². The first-order valence-electron chi connectivity index (χ1n) is 8.71. The largest absolute Gasteiger partial charge is 0.336 e. The van der Waals surface area contributed by atoms with Crippen molar-refractivity contribution >= 4 is 33.6 Å². The molecule has 0 aliphatic heterocycles. The van der Waals surface area contributed by atoms with Gasteiger partial charge in [-0.15, -0.1) is 0 Å². The Morgan fingerprint density at radius 3 is 2.41 bits per heavy atom. The number of anilines is 1. The third kappa shape index (κ3) is 6.06. The summed E-state index contributed by atoms with van der Waals surface area (Å²) in [6.45, 7) is 6.21. The quantitative estimate of drug-likeness (QED) is 0.685. The predicted octanol–water partition coefficient (Wildman–Crippen LogP) is 4.78. The Morgan fingerprint density at radius 1 is 1.15 bits per heavy atom. The highest BCUT2D eigenvalue weighted by Crippen LogP contribution is 2.19. The van der Waals surface area contributed by atoms with Crippen LogP contribution < -0.4 is 10.6 Å². The topological polar surface area (TPSA) is 61.4 Å². The van der Waals surface area contributed by atoms with Crippen molar-refractivity contribution in [2.75, 3.05) is 11.9 Å². The lowest BCUT2D eigenvalue weighted by atomic mass is 10.1. The first kappa shape index (κ1) is 20.9.